The molecule has 2 aliphatic rings. The van der Waals surface area contributed by atoms with Gasteiger partial charge in [-0.1, -0.05) is 0 Å². The molecule has 2 rings (SSSR count). The van der Waals surface area contributed by atoms with Gasteiger partial charge < -0.3 is 20.2 Å². The number of carbonyl (C=O) groups is 1. The van der Waals surface area contributed by atoms with Gasteiger partial charge in [-0.05, 0) is 12.8 Å². The van der Waals surface area contributed by atoms with E-state index >= 15 is 0 Å². The Morgan fingerprint density at radius 2 is 2.22 bits per heavy atom. The van der Waals surface area contributed by atoms with E-state index in [1.165, 1.54) is 0 Å². The fourth-order valence-electron chi connectivity index (χ4n) is 2.14. The molecule has 1 heterocycles. The Balaban J connectivity index is 0.00000162. The minimum atomic E-state index is 0. The summed E-state index contributed by atoms with van der Waals surface area (Å²) in [5.41, 5.74) is 0. The van der Waals surface area contributed by atoms with E-state index in [0.717, 1.165) is 25.9 Å². The number of piperazine rings is 1. The summed E-state index contributed by atoms with van der Waals surface area (Å²) in [5, 5.41) is 11.8. The Labute approximate surface area is 124 Å². The van der Waals surface area contributed by atoms with Gasteiger partial charge in [-0.25, -0.2) is 0 Å². The average Bonchev–Trinajstić information content (AvgIpc) is 3.14. The van der Waals surface area contributed by atoms with E-state index in [2.05, 4.69) is 10.3 Å². The molecule has 7 heteroatoms. The Bertz CT molecular complexity index is 320. The molecule has 0 atom stereocenters. The summed E-state index contributed by atoms with van der Waals surface area (Å²) < 4.78 is 0. The third-order valence-corrected chi connectivity index (χ3v) is 3.15. The molecule has 1 saturated heterocycles. The highest BCUT2D eigenvalue weighted by Gasteiger charge is 2.36. The molecule has 1 aliphatic carbocycles. The maximum absolute atomic E-state index is 11.9. The fraction of sp³-hybridized carbons (Fsp3) is 0.818. The molecular formula is C11H21IN4O2. The predicted molar refractivity (Wildman–Crippen MR) is 80.2 cm³/mol. The molecule has 6 nitrogen and oxygen atoms in total. The Kier molecular flexibility index (Phi) is 6.13. The zero-order valence-corrected chi connectivity index (χ0v) is 13.0. The molecule has 0 radical (unpaired) electrons. The topological polar surface area (TPSA) is 68.2 Å². The molecular weight excluding hydrogens is 347 g/mol. The monoisotopic (exact) mass is 368 g/mol. The van der Waals surface area contributed by atoms with Gasteiger partial charge in [-0.2, -0.15) is 0 Å². The summed E-state index contributed by atoms with van der Waals surface area (Å²) in [6.07, 6.45) is 2.31. The van der Waals surface area contributed by atoms with Crippen LogP contribution in [0, 0.1) is 0 Å². The molecule has 2 fully saturated rings. The summed E-state index contributed by atoms with van der Waals surface area (Å²) in [6.45, 7) is 2.51. The number of amides is 1. The number of rotatable bonds is 3. The fourth-order valence-corrected chi connectivity index (χ4v) is 2.14. The number of hydrogen-bond donors (Lipinski definition) is 2. The summed E-state index contributed by atoms with van der Waals surface area (Å²) in [4.78, 5) is 20.0. The van der Waals surface area contributed by atoms with Crippen molar-refractivity contribution in [2.45, 2.75) is 18.9 Å². The third kappa shape index (κ3) is 3.71. The highest BCUT2D eigenvalue weighted by Crippen LogP contribution is 2.27. The minimum Gasteiger partial charge on any atom is -0.395 e. The second-order valence-corrected chi connectivity index (χ2v) is 4.44. The van der Waals surface area contributed by atoms with E-state index in [9.17, 15) is 4.79 Å². The van der Waals surface area contributed by atoms with Crippen LogP contribution in [0.5, 0.6) is 0 Å². The molecule has 1 saturated carbocycles. The molecule has 2 N–H and O–H groups in total. The number of hydrogen-bond acceptors (Lipinski definition) is 3. The minimum absolute atomic E-state index is 0. The van der Waals surface area contributed by atoms with Gasteiger partial charge in [0.2, 0.25) is 5.91 Å². The Morgan fingerprint density at radius 3 is 2.72 bits per heavy atom. The standard InChI is InChI=1S/C11H20N4O2.HI/c1-12-11(13-4-7-16)14-5-6-15(9-2-3-9)10(17)8-14;/h9,16H,2-8H2,1H3,(H,12,13);1H. The van der Waals surface area contributed by atoms with E-state index < -0.39 is 0 Å². The van der Waals surface area contributed by atoms with Crippen molar-refractivity contribution < 1.29 is 9.90 Å². The average molecular weight is 368 g/mol. The molecule has 0 unspecified atom stereocenters. The van der Waals surface area contributed by atoms with E-state index in [0.29, 0.717) is 25.1 Å². The van der Waals surface area contributed by atoms with Crippen LogP contribution in [-0.2, 0) is 4.79 Å². The highest BCUT2D eigenvalue weighted by molar-refractivity contribution is 14.0. The first-order valence-corrected chi connectivity index (χ1v) is 6.12. The summed E-state index contributed by atoms with van der Waals surface area (Å²) in [6, 6.07) is 0.497. The van der Waals surface area contributed by atoms with Gasteiger partial charge in [0.25, 0.3) is 0 Å². The molecule has 104 valence electrons. The quantitative estimate of drug-likeness (QED) is 0.400. The van der Waals surface area contributed by atoms with Gasteiger partial charge in [0.05, 0.1) is 13.2 Å². The van der Waals surface area contributed by atoms with Crippen LogP contribution in [0.15, 0.2) is 4.99 Å². The number of halogens is 1. The lowest BCUT2D eigenvalue weighted by molar-refractivity contribution is -0.135. The van der Waals surface area contributed by atoms with Gasteiger partial charge in [-0.15, -0.1) is 24.0 Å². The maximum Gasteiger partial charge on any atom is 0.242 e. The number of aliphatic hydroxyl groups excluding tert-OH is 1. The lowest BCUT2D eigenvalue weighted by Gasteiger charge is -2.36. The maximum atomic E-state index is 11.9. The highest BCUT2D eigenvalue weighted by atomic mass is 127. The van der Waals surface area contributed by atoms with Gasteiger partial charge in [0.1, 0.15) is 0 Å². The zero-order chi connectivity index (χ0) is 12.3. The van der Waals surface area contributed by atoms with Crippen LogP contribution in [0.1, 0.15) is 12.8 Å². The van der Waals surface area contributed by atoms with E-state index in [4.69, 9.17) is 5.11 Å². The largest absolute Gasteiger partial charge is 0.395 e. The SMILES string of the molecule is CN=C(NCCO)N1CCN(C2CC2)C(=O)C1.I. The molecule has 0 bridgehead atoms. The second-order valence-electron chi connectivity index (χ2n) is 4.44. The van der Waals surface area contributed by atoms with Crippen LogP contribution in [0.25, 0.3) is 0 Å². The lowest BCUT2D eigenvalue weighted by Crippen LogP contribution is -2.55. The van der Waals surface area contributed by atoms with Crippen LogP contribution in [0.2, 0.25) is 0 Å². The summed E-state index contributed by atoms with van der Waals surface area (Å²) >= 11 is 0. The molecule has 0 spiro atoms. The van der Waals surface area contributed by atoms with Gasteiger partial charge in [0.15, 0.2) is 5.96 Å². The molecule has 18 heavy (non-hydrogen) atoms. The van der Waals surface area contributed by atoms with Crippen molar-refractivity contribution in [3.05, 3.63) is 0 Å². The van der Waals surface area contributed by atoms with Crippen LogP contribution in [-0.4, -0.2) is 72.6 Å². The number of guanidine groups is 1. The van der Waals surface area contributed by atoms with Crippen LogP contribution < -0.4 is 5.32 Å². The van der Waals surface area contributed by atoms with Crippen LogP contribution >= 0.6 is 24.0 Å². The van der Waals surface area contributed by atoms with Crippen molar-refractivity contribution >= 4 is 35.8 Å². The van der Waals surface area contributed by atoms with Crippen molar-refractivity contribution in [1.82, 2.24) is 15.1 Å². The summed E-state index contributed by atoms with van der Waals surface area (Å²) in [5.74, 6) is 0.883. The lowest BCUT2D eigenvalue weighted by atomic mass is 10.3. The third-order valence-electron chi connectivity index (χ3n) is 3.15. The smallest absolute Gasteiger partial charge is 0.242 e. The van der Waals surface area contributed by atoms with Crippen molar-refractivity contribution in [1.29, 1.82) is 0 Å². The number of nitrogens with zero attached hydrogens (tertiary/aromatic N) is 3. The van der Waals surface area contributed by atoms with Gasteiger partial charge >= 0.3 is 0 Å². The zero-order valence-electron chi connectivity index (χ0n) is 10.6. The van der Waals surface area contributed by atoms with E-state index in [1.54, 1.807) is 7.05 Å². The first-order valence-electron chi connectivity index (χ1n) is 6.12. The molecule has 1 amide bonds. The van der Waals surface area contributed by atoms with Crippen molar-refractivity contribution in [2.24, 2.45) is 4.99 Å². The number of carbonyl (C=O) groups excluding carboxylic acids is 1. The number of aliphatic imine (C=N–C) groups is 1. The van der Waals surface area contributed by atoms with Gasteiger partial charge in [-0.3, -0.25) is 9.79 Å². The Morgan fingerprint density at radius 1 is 1.50 bits per heavy atom. The first-order chi connectivity index (χ1) is 8.26. The van der Waals surface area contributed by atoms with Crippen molar-refractivity contribution in [2.75, 3.05) is 39.8 Å². The molecule has 1 aliphatic heterocycles. The van der Waals surface area contributed by atoms with Gasteiger partial charge in [0, 0.05) is 32.7 Å². The van der Waals surface area contributed by atoms with Crippen LogP contribution in [0.3, 0.4) is 0 Å². The Hall–Kier alpha value is -0.570. The second kappa shape index (κ2) is 7.13. The van der Waals surface area contributed by atoms with Crippen molar-refractivity contribution in [3.8, 4) is 0 Å². The van der Waals surface area contributed by atoms with E-state index in [-0.39, 0.29) is 36.5 Å². The summed E-state index contributed by atoms with van der Waals surface area (Å²) in [7, 11) is 1.69. The number of aliphatic hydroxyl groups is 1. The first kappa shape index (κ1) is 15.5. The predicted octanol–water partition coefficient (Wildman–Crippen LogP) is -0.521. The van der Waals surface area contributed by atoms with Crippen LogP contribution in [0.4, 0.5) is 0 Å². The molecule has 0 aromatic rings. The van der Waals surface area contributed by atoms with Crippen molar-refractivity contribution in [3.63, 3.8) is 0 Å². The molecule has 0 aromatic carbocycles. The normalized spacial score (nSPS) is 20.8. The van der Waals surface area contributed by atoms with E-state index in [1.807, 2.05) is 9.80 Å². The number of nitrogens with one attached hydrogen (secondary N) is 1. The molecule has 0 aromatic heterocycles.